The highest BCUT2D eigenvalue weighted by Crippen LogP contribution is 2.31. The van der Waals surface area contributed by atoms with Gasteiger partial charge < -0.3 is 5.32 Å². The van der Waals surface area contributed by atoms with Gasteiger partial charge >= 0.3 is 0 Å². The fourth-order valence-electron chi connectivity index (χ4n) is 3.19. The summed E-state index contributed by atoms with van der Waals surface area (Å²) in [5.41, 5.74) is 3.54. The van der Waals surface area contributed by atoms with E-state index in [4.69, 9.17) is 16.6 Å². The van der Waals surface area contributed by atoms with Crippen LogP contribution in [0, 0.1) is 0 Å². The zero-order valence-corrected chi connectivity index (χ0v) is 14.9. The van der Waals surface area contributed by atoms with E-state index in [1.807, 2.05) is 54.7 Å². The van der Waals surface area contributed by atoms with Crippen LogP contribution in [0.3, 0.4) is 0 Å². The number of benzene rings is 2. The highest BCUT2D eigenvalue weighted by molar-refractivity contribution is 6.30. The molecule has 0 saturated carbocycles. The summed E-state index contributed by atoms with van der Waals surface area (Å²) in [4.78, 5) is 9.16. The topological polar surface area (TPSA) is 74.9 Å². The molecule has 4 aromatic rings. The first-order valence-corrected chi connectivity index (χ1v) is 8.79. The number of pyridine rings is 2. The Hall–Kier alpha value is -3.38. The molecule has 5 rings (SSSR count). The van der Waals surface area contributed by atoms with Crippen LogP contribution in [-0.2, 0) is 0 Å². The average molecular weight is 373 g/mol. The Kier molecular flexibility index (Phi) is 3.76. The van der Waals surface area contributed by atoms with Crippen LogP contribution in [0.2, 0.25) is 5.02 Å². The molecule has 2 aromatic carbocycles. The molecule has 1 N–H and O–H groups in total. The smallest absolute Gasteiger partial charge is 0.139 e. The monoisotopic (exact) mass is 372 g/mol. The lowest BCUT2D eigenvalue weighted by Crippen LogP contribution is -2.02. The Morgan fingerprint density at radius 2 is 1.93 bits per heavy atom. The van der Waals surface area contributed by atoms with Crippen molar-refractivity contribution in [2.45, 2.75) is 0 Å². The second-order valence-electron chi connectivity index (χ2n) is 6.18. The summed E-state index contributed by atoms with van der Waals surface area (Å²) in [6.07, 6.45) is 3.63. The van der Waals surface area contributed by atoms with E-state index in [9.17, 15) is 0 Å². The van der Waals surface area contributed by atoms with Gasteiger partial charge in [0.1, 0.15) is 12.4 Å². The number of hydrogen-bond acceptors (Lipinski definition) is 6. The molecule has 0 fully saturated rings. The van der Waals surface area contributed by atoms with Gasteiger partial charge in [0, 0.05) is 44.8 Å². The molecule has 7 heteroatoms. The van der Waals surface area contributed by atoms with E-state index in [0.29, 0.717) is 11.6 Å². The number of aromatic nitrogens is 2. The largest absolute Gasteiger partial charge is 0.340 e. The highest BCUT2D eigenvalue weighted by Gasteiger charge is 2.13. The number of fused-ring (bicyclic) bond motifs is 3. The van der Waals surface area contributed by atoms with Gasteiger partial charge in [0.05, 0.1) is 11.2 Å². The molecule has 0 spiro atoms. The van der Waals surface area contributed by atoms with Crippen molar-refractivity contribution in [3.63, 3.8) is 0 Å². The van der Waals surface area contributed by atoms with E-state index < -0.39 is 0 Å². The minimum absolute atomic E-state index is 0.494. The number of halogens is 1. The molecule has 0 saturated heterocycles. The predicted octanol–water partition coefficient (Wildman–Crippen LogP) is 5.35. The predicted molar refractivity (Wildman–Crippen MR) is 108 cm³/mol. The maximum absolute atomic E-state index is 6.12. The number of nitrogens with zero attached hydrogens (tertiary/aromatic N) is 5. The van der Waals surface area contributed by atoms with E-state index in [1.165, 1.54) is 0 Å². The van der Waals surface area contributed by atoms with Gasteiger partial charge in [-0.1, -0.05) is 29.8 Å². The quantitative estimate of drug-likeness (QED) is 0.492. The van der Waals surface area contributed by atoms with Crippen molar-refractivity contribution in [3.8, 4) is 0 Å². The number of rotatable bonds is 3. The first-order valence-electron chi connectivity index (χ1n) is 8.42. The van der Waals surface area contributed by atoms with Crippen LogP contribution in [0.1, 0.15) is 5.56 Å². The Labute approximate surface area is 159 Å². The summed E-state index contributed by atoms with van der Waals surface area (Å²) in [6, 6.07) is 15.6. The zero-order valence-electron chi connectivity index (χ0n) is 14.1. The summed E-state index contributed by atoms with van der Waals surface area (Å²) in [6.45, 7) is 0.494. The van der Waals surface area contributed by atoms with Crippen LogP contribution in [0.5, 0.6) is 0 Å². The minimum Gasteiger partial charge on any atom is -0.340 e. The summed E-state index contributed by atoms with van der Waals surface area (Å²) in [5.74, 6) is 0.752. The molecular formula is C20H13ClN6. The summed E-state index contributed by atoms with van der Waals surface area (Å²) in [5, 5.41) is 18.8. The van der Waals surface area contributed by atoms with Crippen molar-refractivity contribution in [1.82, 2.24) is 9.97 Å². The average Bonchev–Trinajstić information content (AvgIpc) is 3.23. The number of nitrogens with one attached hydrogen (secondary N) is 1. The van der Waals surface area contributed by atoms with E-state index in [2.05, 4.69) is 25.7 Å². The van der Waals surface area contributed by atoms with Crippen molar-refractivity contribution in [2.24, 2.45) is 15.4 Å². The standard InChI is InChI=1S/C20H13ClN6/c21-13-2-1-3-14(9-13)24-20-16-6-7-22-10-17(16)15-5-4-12(8-18(15)25-20)19-11-23-27-26-19/h1-10H,11H2,(H,24,25). The van der Waals surface area contributed by atoms with Gasteiger partial charge in [-0.25, -0.2) is 4.98 Å². The molecule has 3 heterocycles. The second kappa shape index (κ2) is 6.41. The van der Waals surface area contributed by atoms with Crippen molar-refractivity contribution in [3.05, 3.63) is 71.5 Å². The number of hydrogen-bond donors (Lipinski definition) is 1. The molecule has 0 aliphatic carbocycles. The summed E-state index contributed by atoms with van der Waals surface area (Å²) in [7, 11) is 0. The third-order valence-corrected chi connectivity index (χ3v) is 4.70. The molecule has 1 aliphatic rings. The maximum Gasteiger partial charge on any atom is 0.139 e. The van der Waals surface area contributed by atoms with Gasteiger partial charge in [-0.15, -0.1) is 5.10 Å². The van der Waals surface area contributed by atoms with Crippen LogP contribution in [0.15, 0.2) is 76.4 Å². The van der Waals surface area contributed by atoms with Gasteiger partial charge in [0.25, 0.3) is 0 Å². The van der Waals surface area contributed by atoms with Crippen LogP contribution >= 0.6 is 11.6 Å². The molecule has 1 aliphatic heterocycles. The van der Waals surface area contributed by atoms with Crippen LogP contribution in [0.25, 0.3) is 21.7 Å². The Bertz CT molecular complexity index is 1250. The molecule has 2 aromatic heterocycles. The second-order valence-corrected chi connectivity index (χ2v) is 6.62. The fraction of sp³-hybridized carbons (Fsp3) is 0.0500. The summed E-state index contributed by atoms with van der Waals surface area (Å²) < 4.78 is 0. The minimum atomic E-state index is 0.494. The van der Waals surface area contributed by atoms with Gasteiger partial charge in [-0.2, -0.15) is 5.11 Å². The third-order valence-electron chi connectivity index (χ3n) is 4.47. The van der Waals surface area contributed by atoms with Gasteiger partial charge in [0.15, 0.2) is 0 Å². The molecule has 0 radical (unpaired) electrons. The number of anilines is 2. The molecule has 0 atom stereocenters. The van der Waals surface area contributed by atoms with Gasteiger partial charge in [-0.05, 0) is 35.6 Å². The van der Waals surface area contributed by atoms with E-state index >= 15 is 0 Å². The van der Waals surface area contributed by atoms with Crippen molar-refractivity contribution in [2.75, 3.05) is 11.9 Å². The Morgan fingerprint density at radius 1 is 0.963 bits per heavy atom. The van der Waals surface area contributed by atoms with Crippen LogP contribution in [0.4, 0.5) is 11.5 Å². The first kappa shape index (κ1) is 15.8. The molecule has 0 amide bonds. The molecule has 0 bridgehead atoms. The summed E-state index contributed by atoms with van der Waals surface area (Å²) >= 11 is 6.12. The lowest BCUT2D eigenvalue weighted by atomic mass is 10.0. The molecule has 0 unspecified atom stereocenters. The highest BCUT2D eigenvalue weighted by atomic mass is 35.5. The van der Waals surface area contributed by atoms with E-state index in [0.717, 1.165) is 44.5 Å². The van der Waals surface area contributed by atoms with E-state index in [1.54, 1.807) is 6.20 Å². The Balaban J connectivity index is 1.70. The van der Waals surface area contributed by atoms with Crippen molar-refractivity contribution < 1.29 is 0 Å². The SMILES string of the molecule is Clc1cccc(Nc2nc3cc(C4=NN=NC4)ccc3c3cnccc23)c1. The van der Waals surface area contributed by atoms with Gasteiger partial charge in [-0.3, -0.25) is 4.98 Å². The third kappa shape index (κ3) is 2.90. The molecule has 6 nitrogen and oxygen atoms in total. The van der Waals surface area contributed by atoms with Crippen molar-refractivity contribution >= 4 is 50.5 Å². The molecule has 130 valence electrons. The first-order chi connectivity index (χ1) is 13.3. The van der Waals surface area contributed by atoms with Gasteiger partial charge in [0.2, 0.25) is 0 Å². The van der Waals surface area contributed by atoms with E-state index in [-0.39, 0.29) is 0 Å². The van der Waals surface area contributed by atoms with Crippen molar-refractivity contribution in [1.29, 1.82) is 0 Å². The van der Waals surface area contributed by atoms with Crippen LogP contribution < -0.4 is 5.32 Å². The molecular weight excluding hydrogens is 360 g/mol. The lowest BCUT2D eigenvalue weighted by molar-refractivity contribution is 1.06. The molecule has 27 heavy (non-hydrogen) atoms. The Morgan fingerprint density at radius 3 is 2.78 bits per heavy atom. The lowest BCUT2D eigenvalue weighted by Gasteiger charge is -2.12. The zero-order chi connectivity index (χ0) is 18.2. The fourth-order valence-corrected chi connectivity index (χ4v) is 3.38. The normalized spacial score (nSPS) is 13.3. The maximum atomic E-state index is 6.12. The van der Waals surface area contributed by atoms with Crippen LogP contribution in [-0.4, -0.2) is 22.2 Å².